The van der Waals surface area contributed by atoms with Crippen LogP contribution in [-0.2, 0) is 9.59 Å². The van der Waals surface area contributed by atoms with Gasteiger partial charge in [-0.25, -0.2) is 0 Å². The summed E-state index contributed by atoms with van der Waals surface area (Å²) in [7, 11) is 0. The van der Waals surface area contributed by atoms with Gasteiger partial charge in [0.2, 0.25) is 11.8 Å². The molecule has 5 heteroatoms. The molecule has 5 nitrogen and oxygen atoms in total. The molecule has 1 aliphatic carbocycles. The van der Waals surface area contributed by atoms with E-state index in [0.29, 0.717) is 18.9 Å². The molecule has 0 aromatic rings. The lowest BCUT2D eigenvalue weighted by atomic mass is 9.99. The van der Waals surface area contributed by atoms with Crippen molar-refractivity contribution in [2.24, 2.45) is 23.5 Å². The van der Waals surface area contributed by atoms with Crippen LogP contribution in [-0.4, -0.2) is 30.4 Å². The molecule has 1 rings (SSSR count). The van der Waals surface area contributed by atoms with Gasteiger partial charge >= 0.3 is 0 Å². The van der Waals surface area contributed by atoms with E-state index in [2.05, 4.69) is 10.6 Å². The standard InChI is InChI=1S/C16H31N3O2/c1-10(2)8-14(20)19-15(11(3)4)16(21)18-13-7-5-6-12(13)9-17/h10-13,15H,5-9,17H2,1-4H3,(H,18,21)(H,19,20). The van der Waals surface area contributed by atoms with Crippen LogP contribution in [0.2, 0.25) is 0 Å². The largest absolute Gasteiger partial charge is 0.351 e. The first-order valence-corrected chi connectivity index (χ1v) is 8.15. The van der Waals surface area contributed by atoms with Crippen LogP contribution in [0.5, 0.6) is 0 Å². The van der Waals surface area contributed by atoms with Gasteiger partial charge in [0.25, 0.3) is 0 Å². The van der Waals surface area contributed by atoms with Gasteiger partial charge < -0.3 is 16.4 Å². The topological polar surface area (TPSA) is 84.2 Å². The Morgan fingerprint density at radius 2 is 1.86 bits per heavy atom. The summed E-state index contributed by atoms with van der Waals surface area (Å²) in [6.07, 6.45) is 3.62. The molecule has 1 saturated carbocycles. The third-order valence-electron chi connectivity index (χ3n) is 4.15. The summed E-state index contributed by atoms with van der Waals surface area (Å²) < 4.78 is 0. The number of hydrogen-bond acceptors (Lipinski definition) is 3. The van der Waals surface area contributed by atoms with Crippen LogP contribution in [0.15, 0.2) is 0 Å². The van der Waals surface area contributed by atoms with E-state index in [9.17, 15) is 9.59 Å². The number of nitrogens with two attached hydrogens (primary N) is 1. The van der Waals surface area contributed by atoms with E-state index in [4.69, 9.17) is 5.73 Å². The Kier molecular flexibility index (Phi) is 7.15. The van der Waals surface area contributed by atoms with Crippen LogP contribution in [0.4, 0.5) is 0 Å². The lowest BCUT2D eigenvalue weighted by Crippen LogP contribution is -2.53. The van der Waals surface area contributed by atoms with Gasteiger partial charge in [0.15, 0.2) is 0 Å². The third kappa shape index (κ3) is 5.65. The lowest BCUT2D eigenvalue weighted by Gasteiger charge is -2.26. The average Bonchev–Trinajstić information content (AvgIpc) is 2.81. The maximum atomic E-state index is 12.5. The Balaban J connectivity index is 2.59. The molecule has 122 valence electrons. The Labute approximate surface area is 128 Å². The first-order valence-electron chi connectivity index (χ1n) is 8.15. The van der Waals surface area contributed by atoms with Crippen molar-refractivity contribution < 1.29 is 9.59 Å². The Morgan fingerprint density at radius 1 is 1.19 bits per heavy atom. The molecule has 0 aliphatic heterocycles. The minimum absolute atomic E-state index is 0.0550. The van der Waals surface area contributed by atoms with Gasteiger partial charge in [0.1, 0.15) is 6.04 Å². The summed E-state index contributed by atoms with van der Waals surface area (Å²) in [6.45, 7) is 8.50. The number of amides is 2. The Hall–Kier alpha value is -1.10. The molecule has 1 aliphatic rings. The fourth-order valence-corrected chi connectivity index (χ4v) is 2.92. The number of nitrogens with one attached hydrogen (secondary N) is 2. The molecule has 1 fully saturated rings. The number of hydrogen-bond donors (Lipinski definition) is 3. The van der Waals surface area contributed by atoms with Gasteiger partial charge in [0.05, 0.1) is 0 Å². The molecule has 0 bridgehead atoms. The lowest BCUT2D eigenvalue weighted by molar-refractivity contribution is -0.131. The zero-order chi connectivity index (χ0) is 16.0. The van der Waals surface area contributed by atoms with Crippen LogP contribution < -0.4 is 16.4 Å². The van der Waals surface area contributed by atoms with Crippen LogP contribution in [0.3, 0.4) is 0 Å². The van der Waals surface area contributed by atoms with Crippen LogP contribution in [0.1, 0.15) is 53.4 Å². The molecular weight excluding hydrogens is 266 g/mol. The van der Waals surface area contributed by atoms with Gasteiger partial charge in [-0.15, -0.1) is 0 Å². The summed E-state index contributed by atoms with van der Waals surface area (Å²) in [5.74, 6) is 0.595. The molecule has 0 aromatic carbocycles. The molecule has 4 N–H and O–H groups in total. The number of carbonyl (C=O) groups excluding carboxylic acids is 2. The Bertz CT molecular complexity index is 355. The van der Waals surface area contributed by atoms with E-state index < -0.39 is 6.04 Å². The van der Waals surface area contributed by atoms with Crippen molar-refractivity contribution in [1.82, 2.24) is 10.6 Å². The van der Waals surface area contributed by atoms with Crippen molar-refractivity contribution in [2.45, 2.75) is 65.5 Å². The van der Waals surface area contributed by atoms with Crippen molar-refractivity contribution in [1.29, 1.82) is 0 Å². The monoisotopic (exact) mass is 297 g/mol. The summed E-state index contributed by atoms with van der Waals surface area (Å²) >= 11 is 0. The molecule has 2 amide bonds. The molecule has 0 aromatic heterocycles. The van der Waals surface area contributed by atoms with Crippen LogP contribution in [0, 0.1) is 17.8 Å². The van der Waals surface area contributed by atoms with Gasteiger partial charge in [-0.3, -0.25) is 9.59 Å². The number of carbonyl (C=O) groups is 2. The smallest absolute Gasteiger partial charge is 0.243 e. The van der Waals surface area contributed by atoms with Crippen molar-refractivity contribution in [3.05, 3.63) is 0 Å². The van der Waals surface area contributed by atoms with Gasteiger partial charge in [-0.2, -0.15) is 0 Å². The van der Waals surface area contributed by atoms with E-state index in [0.717, 1.165) is 19.3 Å². The summed E-state index contributed by atoms with van der Waals surface area (Å²) in [6, 6.07) is -0.305. The zero-order valence-corrected chi connectivity index (χ0v) is 13.8. The Morgan fingerprint density at radius 3 is 2.38 bits per heavy atom. The quantitative estimate of drug-likeness (QED) is 0.664. The van der Waals surface area contributed by atoms with Gasteiger partial charge in [-0.05, 0) is 37.1 Å². The highest BCUT2D eigenvalue weighted by Gasteiger charge is 2.31. The normalized spacial score (nSPS) is 23.4. The van der Waals surface area contributed by atoms with E-state index >= 15 is 0 Å². The van der Waals surface area contributed by atoms with E-state index in [1.54, 1.807) is 0 Å². The van der Waals surface area contributed by atoms with Crippen molar-refractivity contribution >= 4 is 11.8 Å². The third-order valence-corrected chi connectivity index (χ3v) is 4.15. The second-order valence-electron chi connectivity index (χ2n) is 6.93. The molecule has 21 heavy (non-hydrogen) atoms. The first-order chi connectivity index (χ1) is 9.85. The fourth-order valence-electron chi connectivity index (χ4n) is 2.92. The van der Waals surface area contributed by atoms with Crippen molar-refractivity contribution in [3.8, 4) is 0 Å². The van der Waals surface area contributed by atoms with Crippen LogP contribution in [0.25, 0.3) is 0 Å². The highest BCUT2D eigenvalue weighted by Crippen LogP contribution is 2.24. The molecule has 3 atom stereocenters. The highest BCUT2D eigenvalue weighted by atomic mass is 16.2. The molecule has 0 heterocycles. The van der Waals surface area contributed by atoms with E-state index in [1.165, 1.54) is 0 Å². The summed E-state index contributed by atoms with van der Waals surface area (Å²) in [5.41, 5.74) is 5.75. The fraction of sp³-hybridized carbons (Fsp3) is 0.875. The molecular formula is C16H31N3O2. The minimum atomic E-state index is -0.463. The average molecular weight is 297 g/mol. The zero-order valence-electron chi connectivity index (χ0n) is 13.8. The minimum Gasteiger partial charge on any atom is -0.351 e. The molecule has 0 spiro atoms. The van der Waals surface area contributed by atoms with Gasteiger partial charge in [-0.1, -0.05) is 34.1 Å². The summed E-state index contributed by atoms with van der Waals surface area (Å²) in [4.78, 5) is 24.4. The second kappa shape index (κ2) is 8.37. The maximum Gasteiger partial charge on any atom is 0.243 e. The van der Waals surface area contributed by atoms with E-state index in [1.807, 2.05) is 27.7 Å². The van der Waals surface area contributed by atoms with Crippen molar-refractivity contribution in [3.63, 3.8) is 0 Å². The highest BCUT2D eigenvalue weighted by molar-refractivity contribution is 5.88. The molecule has 0 radical (unpaired) electrons. The van der Waals surface area contributed by atoms with Crippen LogP contribution >= 0.6 is 0 Å². The number of rotatable bonds is 7. The molecule has 3 unspecified atom stereocenters. The maximum absolute atomic E-state index is 12.5. The van der Waals surface area contributed by atoms with Gasteiger partial charge in [0, 0.05) is 12.5 Å². The SMILES string of the molecule is CC(C)CC(=O)NC(C(=O)NC1CCCC1CN)C(C)C. The van der Waals surface area contributed by atoms with E-state index in [-0.39, 0.29) is 29.7 Å². The predicted molar refractivity (Wildman–Crippen MR) is 84.5 cm³/mol. The predicted octanol–water partition coefficient (Wildman–Crippen LogP) is 1.42. The van der Waals surface area contributed by atoms with Crippen molar-refractivity contribution in [2.75, 3.05) is 6.54 Å². The second-order valence-corrected chi connectivity index (χ2v) is 6.93. The first kappa shape index (κ1) is 18.0. The summed E-state index contributed by atoms with van der Waals surface area (Å²) in [5, 5.41) is 5.96. The molecule has 0 saturated heterocycles.